The van der Waals surface area contributed by atoms with Crippen molar-refractivity contribution in [3.63, 3.8) is 0 Å². The van der Waals surface area contributed by atoms with E-state index in [0.717, 1.165) is 29.7 Å². The standard InChI is InChI=1S/C17H18BrNO3S/c1-12-5-7-15-13(10-12)4-3-9-19(15)23(20,21)17-11-14(18)6-8-16(17)22-2/h5-8,10-11H,3-4,9H2,1-2H3. The van der Waals surface area contributed by atoms with E-state index in [-0.39, 0.29) is 4.90 Å². The average molecular weight is 396 g/mol. The molecule has 2 aromatic rings. The highest BCUT2D eigenvalue weighted by atomic mass is 79.9. The number of fused-ring (bicyclic) bond motifs is 1. The van der Waals surface area contributed by atoms with Crippen molar-refractivity contribution in [1.82, 2.24) is 0 Å². The average Bonchev–Trinajstić information content (AvgIpc) is 2.53. The predicted octanol–water partition coefficient (Wildman–Crippen LogP) is 3.91. The Morgan fingerprint density at radius 2 is 1.96 bits per heavy atom. The summed E-state index contributed by atoms with van der Waals surface area (Å²) in [5.74, 6) is 0.354. The Hall–Kier alpha value is -1.53. The van der Waals surface area contributed by atoms with Gasteiger partial charge >= 0.3 is 0 Å². The number of methoxy groups -OCH3 is 1. The molecule has 0 bridgehead atoms. The zero-order chi connectivity index (χ0) is 16.6. The Morgan fingerprint density at radius 1 is 1.17 bits per heavy atom. The second-order valence-corrected chi connectivity index (χ2v) is 8.35. The summed E-state index contributed by atoms with van der Waals surface area (Å²) in [6.45, 7) is 2.50. The maximum absolute atomic E-state index is 13.2. The first-order chi connectivity index (χ1) is 10.9. The van der Waals surface area contributed by atoms with Gasteiger partial charge in [0, 0.05) is 11.0 Å². The molecule has 122 valence electrons. The molecule has 6 heteroatoms. The number of nitrogens with zero attached hydrogens (tertiary/aromatic N) is 1. The van der Waals surface area contributed by atoms with Gasteiger partial charge in [-0.25, -0.2) is 8.42 Å². The molecule has 0 fully saturated rings. The van der Waals surface area contributed by atoms with Gasteiger partial charge in [0.05, 0.1) is 12.8 Å². The predicted molar refractivity (Wildman–Crippen MR) is 94.7 cm³/mol. The van der Waals surface area contributed by atoms with Crippen LogP contribution in [0.5, 0.6) is 5.75 Å². The Labute approximate surface area is 145 Å². The number of ether oxygens (including phenoxy) is 1. The maximum atomic E-state index is 13.2. The summed E-state index contributed by atoms with van der Waals surface area (Å²) >= 11 is 3.34. The van der Waals surface area contributed by atoms with Gasteiger partial charge in [0.15, 0.2) is 0 Å². The van der Waals surface area contributed by atoms with E-state index >= 15 is 0 Å². The van der Waals surface area contributed by atoms with Gasteiger partial charge < -0.3 is 4.74 Å². The van der Waals surface area contributed by atoms with Gasteiger partial charge in [-0.15, -0.1) is 0 Å². The monoisotopic (exact) mass is 395 g/mol. The van der Waals surface area contributed by atoms with Crippen LogP contribution in [0.1, 0.15) is 17.5 Å². The molecular weight excluding hydrogens is 378 g/mol. The first kappa shape index (κ1) is 16.3. The fourth-order valence-electron chi connectivity index (χ4n) is 2.91. The number of sulfonamides is 1. The summed E-state index contributed by atoms with van der Waals surface area (Å²) in [4.78, 5) is 0.183. The molecule has 0 atom stereocenters. The molecule has 0 radical (unpaired) electrons. The van der Waals surface area contributed by atoms with Gasteiger partial charge in [0.1, 0.15) is 10.6 Å². The molecule has 1 aliphatic rings. The lowest BCUT2D eigenvalue weighted by Gasteiger charge is -2.31. The van der Waals surface area contributed by atoms with Crippen LogP contribution in [-0.4, -0.2) is 22.1 Å². The molecule has 0 saturated heterocycles. The first-order valence-electron chi connectivity index (χ1n) is 7.39. The van der Waals surface area contributed by atoms with Crippen molar-refractivity contribution in [2.24, 2.45) is 0 Å². The fraction of sp³-hybridized carbons (Fsp3) is 0.294. The van der Waals surface area contributed by atoms with Gasteiger partial charge in [-0.05, 0) is 49.6 Å². The van der Waals surface area contributed by atoms with Crippen LogP contribution >= 0.6 is 15.9 Å². The second-order valence-electron chi connectivity index (χ2n) is 5.61. The molecule has 0 aliphatic carbocycles. The van der Waals surface area contributed by atoms with Crippen molar-refractivity contribution in [2.75, 3.05) is 18.0 Å². The number of benzene rings is 2. The number of rotatable bonds is 3. The lowest BCUT2D eigenvalue weighted by molar-refractivity contribution is 0.402. The SMILES string of the molecule is COc1ccc(Br)cc1S(=O)(=O)N1CCCc2cc(C)ccc21. The number of anilines is 1. The molecule has 4 nitrogen and oxygen atoms in total. The molecule has 0 spiro atoms. The van der Waals surface area contributed by atoms with E-state index in [1.807, 2.05) is 19.1 Å². The third kappa shape index (κ3) is 2.97. The van der Waals surface area contributed by atoms with Crippen molar-refractivity contribution in [2.45, 2.75) is 24.7 Å². The molecular formula is C17H18BrNO3S. The summed E-state index contributed by atoms with van der Waals surface area (Å²) in [6, 6.07) is 10.9. The van der Waals surface area contributed by atoms with Crippen molar-refractivity contribution in [1.29, 1.82) is 0 Å². The molecule has 1 heterocycles. The van der Waals surface area contributed by atoms with Gasteiger partial charge in [0.25, 0.3) is 10.0 Å². The van der Waals surface area contributed by atoms with Crippen molar-refractivity contribution >= 4 is 31.6 Å². The van der Waals surface area contributed by atoms with Crippen LogP contribution in [0.3, 0.4) is 0 Å². The summed E-state index contributed by atoms with van der Waals surface area (Å²) in [5.41, 5.74) is 2.99. The van der Waals surface area contributed by atoms with Crippen molar-refractivity contribution in [3.8, 4) is 5.75 Å². The van der Waals surface area contributed by atoms with Crippen molar-refractivity contribution in [3.05, 3.63) is 52.0 Å². The van der Waals surface area contributed by atoms with Crippen LogP contribution in [0.4, 0.5) is 5.69 Å². The zero-order valence-corrected chi connectivity index (χ0v) is 15.4. The van der Waals surface area contributed by atoms with Crippen LogP contribution in [0.2, 0.25) is 0 Å². The minimum atomic E-state index is -3.68. The molecule has 0 N–H and O–H groups in total. The highest BCUT2D eigenvalue weighted by Crippen LogP contribution is 2.36. The van der Waals surface area contributed by atoms with E-state index < -0.39 is 10.0 Å². The highest BCUT2D eigenvalue weighted by Gasteiger charge is 2.31. The molecule has 3 rings (SSSR count). The van der Waals surface area contributed by atoms with Crippen LogP contribution in [0, 0.1) is 6.92 Å². The van der Waals surface area contributed by atoms with Crippen molar-refractivity contribution < 1.29 is 13.2 Å². The first-order valence-corrected chi connectivity index (χ1v) is 9.62. The normalized spacial score (nSPS) is 14.5. The lowest BCUT2D eigenvalue weighted by Crippen LogP contribution is -2.35. The van der Waals surface area contributed by atoms with Crippen LogP contribution in [0.15, 0.2) is 45.8 Å². The third-order valence-electron chi connectivity index (χ3n) is 4.00. The fourth-order valence-corrected chi connectivity index (χ4v) is 5.15. The van der Waals surface area contributed by atoms with Gasteiger partial charge in [0.2, 0.25) is 0 Å². The molecule has 0 saturated carbocycles. The topological polar surface area (TPSA) is 46.6 Å². The van der Waals surface area contributed by atoms with Crippen LogP contribution in [-0.2, 0) is 16.4 Å². The Kier molecular flexibility index (Phi) is 4.38. The van der Waals surface area contributed by atoms with E-state index in [0.29, 0.717) is 16.8 Å². The van der Waals surface area contributed by atoms with E-state index in [4.69, 9.17) is 4.74 Å². The summed E-state index contributed by atoms with van der Waals surface area (Å²) in [7, 11) is -2.19. The van der Waals surface area contributed by atoms with E-state index in [1.54, 1.807) is 18.2 Å². The van der Waals surface area contributed by atoms with Gasteiger partial charge in [-0.3, -0.25) is 4.31 Å². The van der Waals surface area contributed by atoms with E-state index in [2.05, 4.69) is 22.0 Å². The molecule has 2 aromatic carbocycles. The third-order valence-corrected chi connectivity index (χ3v) is 6.33. The maximum Gasteiger partial charge on any atom is 0.268 e. The number of hydrogen-bond acceptors (Lipinski definition) is 3. The lowest BCUT2D eigenvalue weighted by atomic mass is 10.0. The smallest absolute Gasteiger partial charge is 0.268 e. The highest BCUT2D eigenvalue weighted by molar-refractivity contribution is 9.10. The van der Waals surface area contributed by atoms with E-state index in [1.165, 1.54) is 11.4 Å². The molecule has 0 aromatic heterocycles. The Morgan fingerprint density at radius 3 is 2.70 bits per heavy atom. The largest absolute Gasteiger partial charge is 0.495 e. The molecule has 1 aliphatic heterocycles. The Bertz CT molecular complexity index is 849. The summed E-state index contributed by atoms with van der Waals surface area (Å²) < 4.78 is 33.8. The molecule has 0 amide bonds. The van der Waals surface area contributed by atoms with Crippen LogP contribution < -0.4 is 9.04 Å². The summed E-state index contributed by atoms with van der Waals surface area (Å²) in [6.07, 6.45) is 1.71. The molecule has 23 heavy (non-hydrogen) atoms. The summed E-state index contributed by atoms with van der Waals surface area (Å²) in [5, 5.41) is 0. The minimum Gasteiger partial charge on any atom is -0.495 e. The quantitative estimate of drug-likeness (QED) is 0.791. The van der Waals surface area contributed by atoms with Gasteiger partial charge in [-0.1, -0.05) is 33.6 Å². The molecule has 0 unspecified atom stereocenters. The van der Waals surface area contributed by atoms with Crippen LogP contribution in [0.25, 0.3) is 0 Å². The minimum absolute atomic E-state index is 0.183. The Balaban J connectivity index is 2.14. The number of halogens is 1. The van der Waals surface area contributed by atoms with E-state index in [9.17, 15) is 8.42 Å². The van der Waals surface area contributed by atoms with Gasteiger partial charge in [-0.2, -0.15) is 0 Å². The zero-order valence-electron chi connectivity index (χ0n) is 13.0. The second kappa shape index (κ2) is 6.17. The number of aryl methyl sites for hydroxylation is 2. The number of hydrogen-bond donors (Lipinski definition) is 0.